The maximum absolute atomic E-state index is 9.68. The van der Waals surface area contributed by atoms with E-state index >= 15 is 0 Å². The van der Waals surface area contributed by atoms with Gasteiger partial charge in [0, 0.05) is 12.0 Å². The molecule has 0 unspecified atom stereocenters. The predicted octanol–water partition coefficient (Wildman–Crippen LogP) is 3.16. The van der Waals surface area contributed by atoms with Crippen LogP contribution in [0.15, 0.2) is 54.6 Å². The predicted molar refractivity (Wildman–Crippen MR) is 76.1 cm³/mol. The molecular weight excluding hydrogens is 232 g/mol. The van der Waals surface area contributed by atoms with Gasteiger partial charge in [0.2, 0.25) is 0 Å². The van der Waals surface area contributed by atoms with E-state index in [-0.39, 0.29) is 5.41 Å². The summed E-state index contributed by atoms with van der Waals surface area (Å²) in [6, 6.07) is 19.6. The number of aliphatic hydroxyl groups excluding tert-OH is 1. The molecule has 1 N–H and O–H groups in total. The Kier molecular flexibility index (Phi) is 2.33. The van der Waals surface area contributed by atoms with Crippen LogP contribution < -0.4 is 0 Å². The third-order valence-corrected chi connectivity index (χ3v) is 5.09. The summed E-state index contributed by atoms with van der Waals surface area (Å²) in [5.41, 5.74) is 4.53. The molecule has 2 aliphatic carbocycles. The summed E-state index contributed by atoms with van der Waals surface area (Å²) in [6.45, 7) is 0.313. The van der Waals surface area contributed by atoms with Crippen molar-refractivity contribution in [2.24, 2.45) is 11.8 Å². The maximum Gasteiger partial charge on any atom is 0.0465 e. The third-order valence-electron chi connectivity index (χ3n) is 5.09. The lowest BCUT2D eigenvalue weighted by molar-refractivity contribution is 0.198. The number of fused-ring (bicyclic) bond motifs is 3. The van der Waals surface area contributed by atoms with E-state index in [1.165, 1.54) is 23.1 Å². The van der Waals surface area contributed by atoms with E-state index in [4.69, 9.17) is 0 Å². The van der Waals surface area contributed by atoms with Gasteiger partial charge in [-0.3, -0.25) is 0 Å². The van der Waals surface area contributed by atoms with Crippen LogP contribution in [-0.4, -0.2) is 11.7 Å². The first kappa shape index (κ1) is 11.2. The standard InChI is InChI=1S/C18H18O/c19-12-14-10-13-6-4-5-9-16(13)18(11-17(14)18)15-7-2-1-3-8-15/h1-9,14,17,19H,10-12H2/t14-,17+,18-/m0/s1. The minimum Gasteiger partial charge on any atom is -0.396 e. The number of hydrogen-bond donors (Lipinski definition) is 1. The molecule has 0 bridgehead atoms. The summed E-state index contributed by atoms with van der Waals surface area (Å²) in [5.74, 6) is 1.05. The first-order valence-corrected chi connectivity index (χ1v) is 7.11. The maximum atomic E-state index is 9.68. The van der Waals surface area contributed by atoms with Crippen LogP contribution >= 0.6 is 0 Å². The van der Waals surface area contributed by atoms with Gasteiger partial charge in [-0.1, -0.05) is 54.6 Å². The van der Waals surface area contributed by atoms with Gasteiger partial charge in [0.25, 0.3) is 0 Å². The van der Waals surface area contributed by atoms with E-state index in [1.54, 1.807) is 0 Å². The van der Waals surface area contributed by atoms with Gasteiger partial charge in [-0.25, -0.2) is 0 Å². The molecule has 2 aromatic rings. The fourth-order valence-corrected chi connectivity index (χ4v) is 4.14. The average Bonchev–Trinajstić information content (AvgIpc) is 3.24. The molecular formula is C18H18O. The summed E-state index contributed by atoms with van der Waals surface area (Å²) < 4.78 is 0. The molecule has 0 spiro atoms. The van der Waals surface area contributed by atoms with E-state index in [1.807, 2.05) is 0 Å². The normalized spacial score (nSPS) is 31.4. The first-order valence-electron chi connectivity index (χ1n) is 7.11. The highest BCUT2D eigenvalue weighted by molar-refractivity contribution is 5.53. The highest BCUT2D eigenvalue weighted by atomic mass is 16.3. The SMILES string of the molecule is OC[C@@H]1Cc2ccccc2[C@@]2(c3ccccc3)C[C@H]12. The molecule has 0 aromatic heterocycles. The van der Waals surface area contributed by atoms with Crippen LogP contribution in [0.4, 0.5) is 0 Å². The van der Waals surface area contributed by atoms with Crippen LogP contribution in [0.2, 0.25) is 0 Å². The highest BCUT2D eigenvalue weighted by Crippen LogP contribution is 2.65. The molecule has 2 aliphatic rings. The summed E-state index contributed by atoms with van der Waals surface area (Å²) >= 11 is 0. The molecule has 4 rings (SSSR count). The molecule has 0 amide bonds. The van der Waals surface area contributed by atoms with Gasteiger partial charge in [0.15, 0.2) is 0 Å². The van der Waals surface area contributed by atoms with Crippen molar-refractivity contribution in [2.45, 2.75) is 18.3 Å². The summed E-state index contributed by atoms with van der Waals surface area (Å²) in [7, 11) is 0. The van der Waals surface area contributed by atoms with Gasteiger partial charge in [0.05, 0.1) is 0 Å². The lowest BCUT2D eigenvalue weighted by Gasteiger charge is -2.30. The monoisotopic (exact) mass is 250 g/mol. The Morgan fingerprint density at radius 3 is 2.53 bits per heavy atom. The molecule has 2 aromatic carbocycles. The number of hydrogen-bond acceptors (Lipinski definition) is 1. The van der Waals surface area contributed by atoms with Crippen molar-refractivity contribution in [3.63, 3.8) is 0 Å². The third kappa shape index (κ3) is 1.45. The number of benzene rings is 2. The summed E-state index contributed by atoms with van der Waals surface area (Å²) in [6.07, 6.45) is 2.23. The van der Waals surface area contributed by atoms with E-state index < -0.39 is 0 Å². The van der Waals surface area contributed by atoms with Crippen molar-refractivity contribution < 1.29 is 5.11 Å². The Labute approximate surface area is 113 Å². The second-order valence-electron chi connectivity index (χ2n) is 5.95. The van der Waals surface area contributed by atoms with Crippen LogP contribution in [0.25, 0.3) is 0 Å². The second-order valence-corrected chi connectivity index (χ2v) is 5.95. The minimum absolute atomic E-state index is 0.184. The van der Waals surface area contributed by atoms with Gasteiger partial charge >= 0.3 is 0 Å². The Morgan fingerprint density at radius 1 is 1.00 bits per heavy atom. The fraction of sp³-hybridized carbons (Fsp3) is 0.333. The fourth-order valence-electron chi connectivity index (χ4n) is 4.14. The lowest BCUT2D eigenvalue weighted by atomic mass is 9.74. The molecule has 19 heavy (non-hydrogen) atoms. The molecule has 0 radical (unpaired) electrons. The highest BCUT2D eigenvalue weighted by Gasteiger charge is 2.61. The van der Waals surface area contributed by atoms with Crippen molar-refractivity contribution in [1.82, 2.24) is 0 Å². The first-order chi connectivity index (χ1) is 9.36. The second kappa shape index (κ2) is 3.94. The molecule has 1 nitrogen and oxygen atoms in total. The quantitative estimate of drug-likeness (QED) is 0.868. The molecule has 1 fully saturated rings. The Hall–Kier alpha value is -1.60. The van der Waals surface area contributed by atoms with Crippen molar-refractivity contribution in [3.05, 3.63) is 71.3 Å². The van der Waals surface area contributed by atoms with E-state index in [9.17, 15) is 5.11 Å². The topological polar surface area (TPSA) is 20.2 Å². The Bertz CT molecular complexity index is 604. The van der Waals surface area contributed by atoms with Crippen LogP contribution in [0.3, 0.4) is 0 Å². The smallest absolute Gasteiger partial charge is 0.0465 e. The number of aliphatic hydroxyl groups is 1. The van der Waals surface area contributed by atoms with E-state index in [2.05, 4.69) is 54.6 Å². The molecule has 1 heteroatoms. The largest absolute Gasteiger partial charge is 0.396 e. The summed E-state index contributed by atoms with van der Waals surface area (Å²) in [4.78, 5) is 0. The molecule has 0 heterocycles. The average molecular weight is 250 g/mol. The van der Waals surface area contributed by atoms with Gasteiger partial charge < -0.3 is 5.11 Å². The van der Waals surface area contributed by atoms with Crippen LogP contribution in [-0.2, 0) is 11.8 Å². The lowest BCUT2D eigenvalue weighted by Crippen LogP contribution is -2.27. The molecule has 96 valence electrons. The van der Waals surface area contributed by atoms with Crippen LogP contribution in [0, 0.1) is 11.8 Å². The molecule has 3 atom stereocenters. The van der Waals surface area contributed by atoms with E-state index in [0.717, 1.165) is 6.42 Å². The zero-order chi connectivity index (χ0) is 12.9. The van der Waals surface area contributed by atoms with Gasteiger partial charge in [-0.15, -0.1) is 0 Å². The summed E-state index contributed by atoms with van der Waals surface area (Å²) in [5, 5.41) is 9.68. The van der Waals surface area contributed by atoms with Gasteiger partial charge in [-0.05, 0) is 41.4 Å². The Balaban J connectivity index is 1.90. The molecule has 0 saturated heterocycles. The van der Waals surface area contributed by atoms with E-state index in [0.29, 0.717) is 18.4 Å². The van der Waals surface area contributed by atoms with Crippen LogP contribution in [0.5, 0.6) is 0 Å². The van der Waals surface area contributed by atoms with Gasteiger partial charge in [0.1, 0.15) is 0 Å². The zero-order valence-corrected chi connectivity index (χ0v) is 10.9. The van der Waals surface area contributed by atoms with Crippen molar-refractivity contribution in [2.75, 3.05) is 6.61 Å². The molecule has 1 saturated carbocycles. The van der Waals surface area contributed by atoms with Gasteiger partial charge in [-0.2, -0.15) is 0 Å². The minimum atomic E-state index is 0.184. The Morgan fingerprint density at radius 2 is 1.74 bits per heavy atom. The van der Waals surface area contributed by atoms with Crippen molar-refractivity contribution >= 4 is 0 Å². The van der Waals surface area contributed by atoms with Crippen LogP contribution in [0.1, 0.15) is 23.1 Å². The molecule has 0 aliphatic heterocycles. The van der Waals surface area contributed by atoms with Crippen molar-refractivity contribution in [1.29, 1.82) is 0 Å². The van der Waals surface area contributed by atoms with Crippen molar-refractivity contribution in [3.8, 4) is 0 Å². The number of rotatable bonds is 2. The zero-order valence-electron chi connectivity index (χ0n) is 10.9.